The molecule has 4 aromatic rings. The molecule has 0 saturated carbocycles. The minimum Gasteiger partial charge on any atom is -0.461 e. The number of aromatic nitrogens is 5. The molecule has 1 aliphatic carbocycles. The lowest BCUT2D eigenvalue weighted by molar-refractivity contribution is 0.0824. The Kier molecular flexibility index (Phi) is 6.45. The van der Waals surface area contributed by atoms with Crippen molar-refractivity contribution in [2.45, 2.75) is 87.9 Å². The molecule has 13 heteroatoms. The third-order valence-electron chi connectivity index (χ3n) is 11.3. The van der Waals surface area contributed by atoms with Crippen molar-refractivity contribution >= 4 is 22.3 Å². The number of nitrogens with zero attached hydrogens (tertiary/aromatic N) is 8. The maximum absolute atomic E-state index is 9.97. The predicted octanol–water partition coefficient (Wildman–Crippen LogP) is 4.29. The van der Waals surface area contributed by atoms with Gasteiger partial charge >= 0.3 is 6.01 Å². The summed E-state index contributed by atoms with van der Waals surface area (Å²) >= 11 is 1.49. The number of nitriles is 1. The topological polar surface area (TPSA) is 155 Å². The number of hydrogen-bond donors (Lipinski definition) is 2. The summed E-state index contributed by atoms with van der Waals surface area (Å²) < 4.78 is 12.6. The van der Waals surface area contributed by atoms with E-state index < -0.39 is 5.41 Å². The minimum atomic E-state index is -0.638. The molecule has 1 aromatic carbocycles. The minimum absolute atomic E-state index is 0.00101. The first-order valence-corrected chi connectivity index (χ1v) is 17.5. The second-order valence-corrected chi connectivity index (χ2v) is 15.6. The molecule has 242 valence electrons. The largest absolute Gasteiger partial charge is 0.461 e. The SMILES string of the molecule is C[C@]12CC[C@@H](CN(c3nc(OC[C@@]45CCCN4Cc4ccccc45)nc(-c4noc([C@@]5(C)CCCc6sc(N)c(C#N)c65)n4)n3)C1)N2. The number of nitrogens with one attached hydrogen (secondary N) is 1. The van der Waals surface area contributed by atoms with Crippen molar-refractivity contribution in [1.82, 2.24) is 35.3 Å². The molecule has 0 radical (unpaired) electrons. The van der Waals surface area contributed by atoms with E-state index in [0.29, 0.717) is 40.9 Å². The van der Waals surface area contributed by atoms with Crippen LogP contribution in [-0.4, -0.2) is 67.8 Å². The summed E-state index contributed by atoms with van der Waals surface area (Å²) in [6.45, 7) is 8.34. The van der Waals surface area contributed by atoms with Crippen molar-refractivity contribution in [1.29, 1.82) is 5.26 Å². The van der Waals surface area contributed by atoms with E-state index in [9.17, 15) is 5.26 Å². The number of thiophene rings is 1. The van der Waals surface area contributed by atoms with E-state index in [2.05, 4.69) is 64.5 Å². The lowest BCUT2D eigenvalue weighted by atomic mass is 9.72. The number of nitrogens with two attached hydrogens (primary N) is 1. The van der Waals surface area contributed by atoms with Gasteiger partial charge in [0.25, 0.3) is 0 Å². The van der Waals surface area contributed by atoms with Crippen LogP contribution in [0.25, 0.3) is 11.6 Å². The highest BCUT2D eigenvalue weighted by atomic mass is 32.1. The van der Waals surface area contributed by atoms with E-state index in [4.69, 9.17) is 34.9 Å². The van der Waals surface area contributed by atoms with E-state index in [-0.39, 0.29) is 22.9 Å². The van der Waals surface area contributed by atoms with Gasteiger partial charge in [-0.25, -0.2) is 0 Å². The third kappa shape index (κ3) is 4.48. The molecule has 5 aliphatic rings. The Morgan fingerprint density at radius 3 is 2.89 bits per heavy atom. The van der Waals surface area contributed by atoms with Crippen LogP contribution in [0.3, 0.4) is 0 Å². The highest BCUT2D eigenvalue weighted by Gasteiger charge is 2.49. The van der Waals surface area contributed by atoms with Crippen molar-refractivity contribution < 1.29 is 9.26 Å². The Morgan fingerprint density at radius 2 is 2.02 bits per heavy atom. The number of ether oxygens (including phenoxy) is 1. The lowest BCUT2D eigenvalue weighted by Crippen LogP contribution is -2.58. The zero-order valence-electron chi connectivity index (χ0n) is 26.8. The van der Waals surface area contributed by atoms with Crippen molar-refractivity contribution in [3.05, 3.63) is 57.3 Å². The van der Waals surface area contributed by atoms with Crippen molar-refractivity contribution in [2.24, 2.45) is 0 Å². The number of hydrogen-bond acceptors (Lipinski definition) is 13. The van der Waals surface area contributed by atoms with Crippen LogP contribution in [0, 0.1) is 11.3 Å². The normalized spacial score (nSPS) is 29.4. The number of piperazine rings is 1. The van der Waals surface area contributed by atoms with Gasteiger partial charge in [0.15, 0.2) is 0 Å². The second kappa shape index (κ2) is 10.4. The van der Waals surface area contributed by atoms with Crippen LogP contribution in [0.2, 0.25) is 0 Å². The summed E-state index contributed by atoms with van der Waals surface area (Å²) in [6.07, 6.45) is 6.97. The molecule has 0 spiro atoms. The summed E-state index contributed by atoms with van der Waals surface area (Å²) in [7, 11) is 0. The molecule has 3 aromatic heterocycles. The number of nitrogen functional groups attached to an aromatic ring is 1. The van der Waals surface area contributed by atoms with Crippen LogP contribution >= 0.6 is 11.3 Å². The summed E-state index contributed by atoms with van der Waals surface area (Å²) in [6, 6.07) is 11.7. The van der Waals surface area contributed by atoms with E-state index in [1.807, 2.05) is 0 Å². The zero-order chi connectivity index (χ0) is 32.0. The molecular weight excluding hydrogens is 613 g/mol. The molecule has 3 saturated heterocycles. The number of aryl methyl sites for hydroxylation is 1. The van der Waals surface area contributed by atoms with Crippen LogP contribution in [-0.2, 0) is 23.9 Å². The highest BCUT2D eigenvalue weighted by Crippen LogP contribution is 2.49. The van der Waals surface area contributed by atoms with Gasteiger partial charge in [-0.3, -0.25) is 4.90 Å². The third-order valence-corrected chi connectivity index (χ3v) is 12.3. The summed E-state index contributed by atoms with van der Waals surface area (Å²) in [5, 5.41) is 18.7. The molecule has 3 fully saturated rings. The molecule has 4 atom stereocenters. The molecule has 0 amide bonds. The van der Waals surface area contributed by atoms with Gasteiger partial charge in [0.2, 0.25) is 23.5 Å². The van der Waals surface area contributed by atoms with Gasteiger partial charge in [-0.15, -0.1) is 11.3 Å². The van der Waals surface area contributed by atoms with Crippen LogP contribution in [0.15, 0.2) is 28.8 Å². The Hall–Kier alpha value is -4.12. The maximum atomic E-state index is 9.97. The molecular formula is C34H38N10O2S. The molecule has 2 bridgehead atoms. The Balaban J connectivity index is 1.09. The summed E-state index contributed by atoms with van der Waals surface area (Å²) in [5.74, 6) is 1.59. The molecule has 4 aliphatic heterocycles. The van der Waals surface area contributed by atoms with Crippen LogP contribution in [0.4, 0.5) is 10.9 Å². The van der Waals surface area contributed by atoms with E-state index in [0.717, 1.165) is 81.6 Å². The molecule has 0 unspecified atom stereocenters. The quantitative estimate of drug-likeness (QED) is 0.306. The van der Waals surface area contributed by atoms with E-state index in [1.54, 1.807) is 0 Å². The number of fused-ring (bicyclic) bond motifs is 6. The van der Waals surface area contributed by atoms with Crippen LogP contribution in [0.5, 0.6) is 6.01 Å². The second-order valence-electron chi connectivity index (χ2n) is 14.4. The van der Waals surface area contributed by atoms with Gasteiger partial charge in [0, 0.05) is 41.7 Å². The highest BCUT2D eigenvalue weighted by molar-refractivity contribution is 7.16. The Labute approximate surface area is 277 Å². The van der Waals surface area contributed by atoms with Crippen LogP contribution in [0.1, 0.15) is 85.4 Å². The smallest absolute Gasteiger partial charge is 0.321 e. The van der Waals surface area contributed by atoms with Gasteiger partial charge < -0.3 is 25.2 Å². The Bertz CT molecular complexity index is 1940. The fraction of sp³-hybridized carbons (Fsp3) is 0.529. The molecule has 7 heterocycles. The fourth-order valence-electron chi connectivity index (χ4n) is 9.01. The molecule has 9 rings (SSSR count). The maximum Gasteiger partial charge on any atom is 0.321 e. The van der Waals surface area contributed by atoms with Crippen molar-refractivity contribution in [3.8, 4) is 23.7 Å². The molecule has 3 N–H and O–H groups in total. The van der Waals surface area contributed by atoms with Gasteiger partial charge in [-0.05, 0) is 76.5 Å². The standard InChI is InChI=1S/C34H38N10O2S/c1-32-13-10-21(41-32)17-43(18-32)30-38-27(28-37-29(46-42-28)33(2)11-5-9-24-25(33)22(15-35)26(36)47-24)39-31(40-30)45-19-34-12-6-14-44(34)16-20-7-3-4-8-23(20)34/h3-4,7-8,21,41H,5-6,9-14,16-19,36H2,1-2H3/t21-,32-,33-,34+/m0/s1. The van der Waals surface area contributed by atoms with Gasteiger partial charge in [-0.2, -0.15) is 25.2 Å². The first kappa shape index (κ1) is 29.1. The van der Waals surface area contributed by atoms with Gasteiger partial charge in [0.1, 0.15) is 17.7 Å². The van der Waals surface area contributed by atoms with Gasteiger partial charge in [0.05, 0.1) is 16.5 Å². The first-order valence-electron chi connectivity index (χ1n) is 16.7. The van der Waals surface area contributed by atoms with Gasteiger partial charge in [-0.1, -0.05) is 29.4 Å². The number of benzene rings is 1. The lowest BCUT2D eigenvalue weighted by Gasteiger charge is -2.39. The predicted molar refractivity (Wildman–Crippen MR) is 176 cm³/mol. The monoisotopic (exact) mass is 650 g/mol. The average Bonchev–Trinajstić information content (AvgIpc) is 3.88. The van der Waals surface area contributed by atoms with E-state index in [1.165, 1.54) is 22.5 Å². The van der Waals surface area contributed by atoms with Crippen molar-refractivity contribution in [3.63, 3.8) is 0 Å². The molecule has 47 heavy (non-hydrogen) atoms. The number of anilines is 2. The number of rotatable bonds is 6. The summed E-state index contributed by atoms with van der Waals surface area (Å²) in [4.78, 5) is 25.4. The zero-order valence-corrected chi connectivity index (χ0v) is 27.6. The molecule has 12 nitrogen and oxygen atoms in total. The van der Waals surface area contributed by atoms with Crippen molar-refractivity contribution in [2.75, 3.05) is 36.9 Å². The Morgan fingerprint density at radius 1 is 1.13 bits per heavy atom. The van der Waals surface area contributed by atoms with E-state index >= 15 is 0 Å². The average molecular weight is 651 g/mol. The fourth-order valence-corrected chi connectivity index (χ4v) is 10.2. The summed E-state index contributed by atoms with van der Waals surface area (Å²) in [5.41, 5.74) is 9.57. The van der Waals surface area contributed by atoms with Crippen LogP contribution < -0.4 is 20.7 Å². The first-order chi connectivity index (χ1) is 22.8.